The Kier molecular flexibility index (Phi) is 5.70. The van der Waals surface area contributed by atoms with Gasteiger partial charge < -0.3 is 5.32 Å². The van der Waals surface area contributed by atoms with Crippen molar-refractivity contribution in [3.63, 3.8) is 0 Å². The molecule has 0 aliphatic heterocycles. The van der Waals surface area contributed by atoms with Gasteiger partial charge in [0.15, 0.2) is 0 Å². The molecule has 1 unspecified atom stereocenters. The van der Waals surface area contributed by atoms with Crippen LogP contribution in [-0.2, 0) is 21.2 Å². The van der Waals surface area contributed by atoms with Gasteiger partial charge in [0.05, 0.1) is 4.34 Å². The number of hydrogen-bond acceptors (Lipinski definition) is 4. The van der Waals surface area contributed by atoms with Gasteiger partial charge in [0, 0.05) is 6.04 Å². The zero-order valence-corrected chi connectivity index (χ0v) is 16.2. The van der Waals surface area contributed by atoms with E-state index in [9.17, 15) is 13.2 Å². The van der Waals surface area contributed by atoms with E-state index in [1.165, 1.54) is 6.07 Å². The third-order valence-corrected chi connectivity index (χ3v) is 6.96. The fourth-order valence-corrected chi connectivity index (χ4v) is 5.67. The fraction of sp³-hybridized carbons (Fsp3) is 0.312. The molecule has 25 heavy (non-hydrogen) atoms. The second-order valence-corrected chi connectivity index (χ2v) is 9.80. The molecular weight excluding hydrogens is 403 g/mol. The Balaban J connectivity index is 1.82. The summed E-state index contributed by atoms with van der Waals surface area (Å²) in [6.45, 7) is 0. The summed E-state index contributed by atoms with van der Waals surface area (Å²) < 4.78 is 28.1. The Hall–Kier alpha value is -1.12. The van der Waals surface area contributed by atoms with E-state index in [4.69, 9.17) is 23.2 Å². The van der Waals surface area contributed by atoms with Crippen LogP contribution in [0.1, 0.15) is 18.4 Å². The number of thiophene rings is 1. The first-order valence-corrected chi connectivity index (χ1v) is 10.7. The number of nitrogens with one attached hydrogen (secondary N) is 2. The lowest BCUT2D eigenvalue weighted by Gasteiger charge is -2.18. The van der Waals surface area contributed by atoms with E-state index in [0.29, 0.717) is 0 Å². The fourth-order valence-electron chi connectivity index (χ4n) is 2.33. The molecule has 134 valence electrons. The van der Waals surface area contributed by atoms with Crippen molar-refractivity contribution >= 4 is 50.5 Å². The van der Waals surface area contributed by atoms with Crippen LogP contribution in [0.15, 0.2) is 41.3 Å². The molecule has 2 aromatic rings. The summed E-state index contributed by atoms with van der Waals surface area (Å²) in [6.07, 6.45) is 2.08. The average molecular weight is 419 g/mol. The molecule has 1 amide bonds. The van der Waals surface area contributed by atoms with Gasteiger partial charge in [-0.25, -0.2) is 8.42 Å². The van der Waals surface area contributed by atoms with Crippen molar-refractivity contribution in [1.29, 1.82) is 0 Å². The molecule has 0 saturated heterocycles. The predicted molar refractivity (Wildman–Crippen MR) is 99.8 cm³/mol. The minimum atomic E-state index is -3.97. The molecule has 2 N–H and O–H groups in total. The molecule has 1 saturated carbocycles. The number of carbonyl (C=O) groups excluding carboxylic acids is 1. The SMILES string of the molecule is O=C(NC1CC1)C(Cc1ccccc1)NS(=O)(=O)c1cc(Cl)sc1Cl. The zero-order chi connectivity index (χ0) is 18.0. The standard InChI is InChI=1S/C16H16Cl2N2O3S2/c17-14-9-13(15(18)24-14)25(22,23)20-12(16(21)19-11-6-7-11)8-10-4-2-1-3-5-10/h1-5,9,11-12,20H,6-8H2,(H,19,21). The third-order valence-electron chi connectivity index (χ3n) is 3.74. The van der Waals surface area contributed by atoms with Crippen LogP contribution >= 0.6 is 34.5 Å². The lowest BCUT2D eigenvalue weighted by Crippen LogP contribution is -2.48. The normalized spacial score (nSPS) is 15.8. The van der Waals surface area contributed by atoms with Crippen molar-refractivity contribution in [1.82, 2.24) is 10.0 Å². The van der Waals surface area contributed by atoms with Gasteiger partial charge in [-0.15, -0.1) is 11.3 Å². The highest BCUT2D eigenvalue weighted by Gasteiger charge is 2.32. The van der Waals surface area contributed by atoms with Crippen LogP contribution in [0, 0.1) is 0 Å². The minimum absolute atomic E-state index is 0.0681. The number of amides is 1. The predicted octanol–water partition coefficient (Wildman–Crippen LogP) is 3.22. The van der Waals surface area contributed by atoms with E-state index in [2.05, 4.69) is 10.0 Å². The van der Waals surface area contributed by atoms with Gasteiger partial charge in [0.2, 0.25) is 15.9 Å². The molecule has 1 aromatic heterocycles. The van der Waals surface area contributed by atoms with E-state index in [-0.39, 0.29) is 31.9 Å². The van der Waals surface area contributed by atoms with Gasteiger partial charge in [0.1, 0.15) is 15.3 Å². The van der Waals surface area contributed by atoms with Crippen molar-refractivity contribution in [3.8, 4) is 0 Å². The van der Waals surface area contributed by atoms with Gasteiger partial charge in [0.25, 0.3) is 0 Å². The van der Waals surface area contributed by atoms with Gasteiger partial charge >= 0.3 is 0 Å². The second kappa shape index (κ2) is 7.63. The third kappa shape index (κ3) is 4.95. The maximum absolute atomic E-state index is 12.6. The first-order valence-electron chi connectivity index (χ1n) is 7.66. The van der Waals surface area contributed by atoms with Crippen LogP contribution in [0.25, 0.3) is 0 Å². The molecule has 1 aliphatic rings. The van der Waals surface area contributed by atoms with E-state index in [0.717, 1.165) is 29.7 Å². The van der Waals surface area contributed by atoms with Crippen LogP contribution in [0.3, 0.4) is 0 Å². The van der Waals surface area contributed by atoms with Crippen LogP contribution in [0.2, 0.25) is 8.67 Å². The number of sulfonamides is 1. The molecule has 0 spiro atoms. The van der Waals surface area contributed by atoms with Crippen LogP contribution < -0.4 is 10.0 Å². The first kappa shape index (κ1) is 18.7. The number of rotatable bonds is 7. The number of hydrogen-bond donors (Lipinski definition) is 2. The van der Waals surface area contributed by atoms with Crippen molar-refractivity contribution < 1.29 is 13.2 Å². The summed E-state index contributed by atoms with van der Waals surface area (Å²) in [4.78, 5) is 12.4. The molecular formula is C16H16Cl2N2O3S2. The molecule has 1 atom stereocenters. The van der Waals surface area contributed by atoms with Crippen molar-refractivity contribution in [2.75, 3.05) is 0 Å². The number of carbonyl (C=O) groups is 1. The summed E-state index contributed by atoms with van der Waals surface area (Å²) in [5.74, 6) is -0.340. The highest BCUT2D eigenvalue weighted by atomic mass is 35.5. The zero-order valence-electron chi connectivity index (χ0n) is 13.0. The minimum Gasteiger partial charge on any atom is -0.352 e. The topological polar surface area (TPSA) is 75.3 Å². The molecule has 3 rings (SSSR count). The summed E-state index contributed by atoms with van der Waals surface area (Å²) >= 11 is 12.8. The quantitative estimate of drug-likeness (QED) is 0.724. The Labute approximate surface area is 160 Å². The van der Waals surface area contributed by atoms with E-state index in [1.54, 1.807) is 0 Å². The van der Waals surface area contributed by atoms with E-state index < -0.39 is 16.1 Å². The maximum atomic E-state index is 12.6. The van der Waals surface area contributed by atoms with Gasteiger partial charge in [-0.2, -0.15) is 4.72 Å². The molecule has 1 aromatic carbocycles. The van der Waals surface area contributed by atoms with E-state index >= 15 is 0 Å². The maximum Gasteiger partial charge on any atom is 0.243 e. The Morgan fingerprint density at radius 1 is 1.24 bits per heavy atom. The first-order chi connectivity index (χ1) is 11.8. The lowest BCUT2D eigenvalue weighted by atomic mass is 10.1. The highest BCUT2D eigenvalue weighted by molar-refractivity contribution is 7.89. The van der Waals surface area contributed by atoms with Gasteiger partial charge in [-0.1, -0.05) is 53.5 Å². The second-order valence-electron chi connectivity index (χ2n) is 5.83. The van der Waals surface area contributed by atoms with Crippen LogP contribution in [0.4, 0.5) is 0 Å². The smallest absolute Gasteiger partial charge is 0.243 e. The molecule has 5 nitrogen and oxygen atoms in total. The molecule has 1 heterocycles. The largest absolute Gasteiger partial charge is 0.352 e. The Bertz CT molecular complexity index is 865. The highest BCUT2D eigenvalue weighted by Crippen LogP contribution is 2.34. The molecule has 1 aliphatic carbocycles. The van der Waals surface area contributed by atoms with Crippen LogP contribution in [-0.4, -0.2) is 26.4 Å². The summed E-state index contributed by atoms with van der Waals surface area (Å²) in [5.41, 5.74) is 0.857. The van der Waals surface area contributed by atoms with Gasteiger partial charge in [-0.3, -0.25) is 4.79 Å². The lowest BCUT2D eigenvalue weighted by molar-refractivity contribution is -0.122. The summed E-state index contributed by atoms with van der Waals surface area (Å²) in [7, 11) is -3.97. The molecule has 1 fully saturated rings. The Morgan fingerprint density at radius 2 is 1.92 bits per heavy atom. The van der Waals surface area contributed by atoms with Crippen LogP contribution in [0.5, 0.6) is 0 Å². The molecule has 9 heteroatoms. The Morgan fingerprint density at radius 3 is 2.48 bits per heavy atom. The van der Waals surface area contributed by atoms with Crippen molar-refractivity contribution in [2.45, 2.75) is 36.2 Å². The molecule has 0 bridgehead atoms. The summed E-state index contributed by atoms with van der Waals surface area (Å²) in [6, 6.07) is 9.73. The number of benzene rings is 1. The van der Waals surface area contributed by atoms with Gasteiger partial charge in [-0.05, 0) is 30.9 Å². The summed E-state index contributed by atoms with van der Waals surface area (Å²) in [5, 5.41) is 2.85. The van der Waals surface area contributed by atoms with Crippen molar-refractivity contribution in [2.24, 2.45) is 0 Å². The average Bonchev–Trinajstić information content (AvgIpc) is 3.29. The molecule has 0 radical (unpaired) electrons. The van der Waals surface area contributed by atoms with E-state index in [1.807, 2.05) is 30.3 Å². The van der Waals surface area contributed by atoms with Crippen molar-refractivity contribution in [3.05, 3.63) is 50.6 Å². The monoisotopic (exact) mass is 418 g/mol. The number of halogens is 2.